The van der Waals surface area contributed by atoms with Crippen molar-refractivity contribution >= 4 is 17.5 Å². The molecule has 7 heteroatoms. The molecule has 2 rings (SSSR count). The zero-order valence-corrected chi connectivity index (χ0v) is 13.3. The third kappa shape index (κ3) is 4.02. The van der Waals surface area contributed by atoms with Gasteiger partial charge in [-0.1, -0.05) is 12.1 Å². The highest BCUT2D eigenvalue weighted by Crippen LogP contribution is 2.31. The van der Waals surface area contributed by atoms with Gasteiger partial charge in [0.25, 0.3) is 5.91 Å². The molecule has 0 aliphatic rings. The molecule has 2 aromatic rings. The number of para-hydroxylation sites is 1. The number of carbonyl (C=O) groups excluding carboxylic acids is 2. The summed E-state index contributed by atoms with van der Waals surface area (Å²) in [5.74, 6) is 0.224. The third-order valence-corrected chi connectivity index (χ3v) is 3.37. The molecule has 7 nitrogen and oxygen atoms in total. The van der Waals surface area contributed by atoms with Gasteiger partial charge in [0.05, 0.1) is 20.6 Å². The van der Waals surface area contributed by atoms with Gasteiger partial charge in [-0.05, 0) is 30.3 Å². The van der Waals surface area contributed by atoms with Gasteiger partial charge < -0.3 is 14.8 Å². The standard InChI is InChI=1S/C17H18N2O5/c1-23-14-5-3-4-12(16(14)24-2)10-15(20)18-13-8-6-11(7-9-13)17(21)19-22/h3-9,22H,10H2,1-2H3,(H,18,20)(H,19,21). The molecule has 0 aliphatic heterocycles. The molecule has 2 aromatic carbocycles. The quantitative estimate of drug-likeness (QED) is 0.556. The number of rotatable bonds is 6. The number of hydrogen-bond donors (Lipinski definition) is 3. The maximum Gasteiger partial charge on any atom is 0.274 e. The molecule has 0 aromatic heterocycles. The second-order valence-corrected chi connectivity index (χ2v) is 4.90. The smallest absolute Gasteiger partial charge is 0.274 e. The van der Waals surface area contributed by atoms with Gasteiger partial charge in [0.1, 0.15) is 0 Å². The van der Waals surface area contributed by atoms with Crippen molar-refractivity contribution in [3.63, 3.8) is 0 Å². The molecule has 0 fully saturated rings. The lowest BCUT2D eigenvalue weighted by atomic mass is 10.1. The number of hydroxylamine groups is 1. The van der Waals surface area contributed by atoms with Crippen LogP contribution in [0.4, 0.5) is 5.69 Å². The van der Waals surface area contributed by atoms with Crippen molar-refractivity contribution in [2.24, 2.45) is 0 Å². The van der Waals surface area contributed by atoms with E-state index in [-0.39, 0.29) is 17.9 Å². The molecule has 0 radical (unpaired) electrons. The first-order valence-electron chi connectivity index (χ1n) is 7.13. The molecule has 0 spiro atoms. The topological polar surface area (TPSA) is 96.9 Å². The number of nitrogens with one attached hydrogen (secondary N) is 2. The molecule has 0 saturated carbocycles. The third-order valence-electron chi connectivity index (χ3n) is 3.37. The van der Waals surface area contributed by atoms with Crippen LogP contribution in [0.15, 0.2) is 42.5 Å². The Bertz CT molecular complexity index is 728. The van der Waals surface area contributed by atoms with Crippen molar-refractivity contribution < 1.29 is 24.3 Å². The summed E-state index contributed by atoms with van der Waals surface area (Å²) in [6.07, 6.45) is 0.110. The summed E-state index contributed by atoms with van der Waals surface area (Å²) in [7, 11) is 3.05. The van der Waals surface area contributed by atoms with Crippen molar-refractivity contribution in [3.05, 3.63) is 53.6 Å². The van der Waals surface area contributed by atoms with E-state index in [1.165, 1.54) is 26.4 Å². The number of anilines is 1. The van der Waals surface area contributed by atoms with Crippen LogP contribution in [0, 0.1) is 0 Å². The second-order valence-electron chi connectivity index (χ2n) is 4.90. The van der Waals surface area contributed by atoms with Crippen LogP contribution in [0.25, 0.3) is 0 Å². The van der Waals surface area contributed by atoms with E-state index in [0.717, 1.165) is 0 Å². The number of hydrogen-bond acceptors (Lipinski definition) is 5. The number of ether oxygens (including phenoxy) is 2. The van der Waals surface area contributed by atoms with Gasteiger partial charge in [-0.15, -0.1) is 0 Å². The highest BCUT2D eigenvalue weighted by atomic mass is 16.5. The second kappa shape index (κ2) is 7.98. The fraction of sp³-hybridized carbons (Fsp3) is 0.176. The average Bonchev–Trinajstić information content (AvgIpc) is 2.61. The highest BCUT2D eigenvalue weighted by molar-refractivity contribution is 5.95. The van der Waals surface area contributed by atoms with Crippen molar-refractivity contribution in [1.82, 2.24) is 5.48 Å². The van der Waals surface area contributed by atoms with Crippen LogP contribution >= 0.6 is 0 Å². The SMILES string of the molecule is COc1cccc(CC(=O)Nc2ccc(C(=O)NO)cc2)c1OC. The molecule has 0 aliphatic carbocycles. The molecule has 3 N–H and O–H groups in total. The minimum absolute atomic E-state index is 0.110. The van der Waals surface area contributed by atoms with E-state index in [0.29, 0.717) is 22.7 Å². The summed E-state index contributed by atoms with van der Waals surface area (Å²) in [5.41, 5.74) is 3.07. The largest absolute Gasteiger partial charge is 0.493 e. The summed E-state index contributed by atoms with van der Waals surface area (Å²) >= 11 is 0. The van der Waals surface area contributed by atoms with E-state index < -0.39 is 5.91 Å². The van der Waals surface area contributed by atoms with Crippen molar-refractivity contribution in [2.45, 2.75) is 6.42 Å². The summed E-state index contributed by atoms with van der Waals surface area (Å²) in [6.45, 7) is 0. The summed E-state index contributed by atoms with van der Waals surface area (Å²) < 4.78 is 10.5. The predicted molar refractivity (Wildman–Crippen MR) is 87.6 cm³/mol. The van der Waals surface area contributed by atoms with Crippen LogP contribution in [-0.4, -0.2) is 31.2 Å². The van der Waals surface area contributed by atoms with Crippen LogP contribution in [0.5, 0.6) is 11.5 Å². The number of benzene rings is 2. The monoisotopic (exact) mass is 330 g/mol. The van der Waals surface area contributed by atoms with Gasteiger partial charge in [0, 0.05) is 16.8 Å². The maximum atomic E-state index is 12.2. The van der Waals surface area contributed by atoms with Gasteiger partial charge in [-0.25, -0.2) is 5.48 Å². The molecule has 0 unspecified atom stereocenters. The molecule has 0 atom stereocenters. The van der Waals surface area contributed by atoms with Gasteiger partial charge in [0.2, 0.25) is 5.91 Å². The van der Waals surface area contributed by atoms with Gasteiger partial charge in [-0.3, -0.25) is 14.8 Å². The van der Waals surface area contributed by atoms with E-state index in [1.54, 1.807) is 35.8 Å². The van der Waals surface area contributed by atoms with Crippen LogP contribution < -0.4 is 20.3 Å². The Labute approximate surface area is 139 Å². The summed E-state index contributed by atoms with van der Waals surface area (Å²) in [5, 5.41) is 11.3. The number of methoxy groups -OCH3 is 2. The zero-order valence-electron chi connectivity index (χ0n) is 13.3. The first kappa shape index (κ1) is 17.3. The van der Waals surface area contributed by atoms with E-state index in [9.17, 15) is 9.59 Å². The Morgan fingerprint density at radius 1 is 1.04 bits per heavy atom. The normalized spacial score (nSPS) is 9.96. The van der Waals surface area contributed by atoms with E-state index >= 15 is 0 Å². The van der Waals surface area contributed by atoms with E-state index in [4.69, 9.17) is 14.7 Å². The maximum absolute atomic E-state index is 12.2. The first-order valence-corrected chi connectivity index (χ1v) is 7.13. The molecule has 0 heterocycles. The molecule has 24 heavy (non-hydrogen) atoms. The number of carbonyl (C=O) groups is 2. The summed E-state index contributed by atoms with van der Waals surface area (Å²) in [6, 6.07) is 11.5. The van der Waals surface area contributed by atoms with E-state index in [1.807, 2.05) is 0 Å². The Hall–Kier alpha value is -3.06. The first-order chi connectivity index (χ1) is 11.6. The molecular weight excluding hydrogens is 312 g/mol. The molecular formula is C17H18N2O5. The minimum Gasteiger partial charge on any atom is -0.493 e. The van der Waals surface area contributed by atoms with Crippen molar-refractivity contribution in [3.8, 4) is 11.5 Å². The summed E-state index contributed by atoms with van der Waals surface area (Å²) in [4.78, 5) is 23.4. The van der Waals surface area contributed by atoms with Crippen molar-refractivity contribution in [1.29, 1.82) is 0 Å². The lowest BCUT2D eigenvalue weighted by Crippen LogP contribution is -2.19. The van der Waals surface area contributed by atoms with Crippen LogP contribution in [-0.2, 0) is 11.2 Å². The van der Waals surface area contributed by atoms with Gasteiger partial charge in [-0.2, -0.15) is 0 Å². The van der Waals surface area contributed by atoms with Crippen LogP contribution in [0.1, 0.15) is 15.9 Å². The molecule has 126 valence electrons. The Kier molecular flexibility index (Phi) is 5.75. The fourth-order valence-corrected chi connectivity index (χ4v) is 2.24. The average molecular weight is 330 g/mol. The van der Waals surface area contributed by atoms with Gasteiger partial charge >= 0.3 is 0 Å². The zero-order chi connectivity index (χ0) is 17.5. The predicted octanol–water partition coefficient (Wildman–Crippen LogP) is 2.00. The lowest BCUT2D eigenvalue weighted by Gasteiger charge is -2.12. The molecule has 2 amide bonds. The minimum atomic E-state index is -0.617. The highest BCUT2D eigenvalue weighted by Gasteiger charge is 2.13. The Morgan fingerprint density at radius 2 is 1.75 bits per heavy atom. The molecule has 0 bridgehead atoms. The van der Waals surface area contributed by atoms with E-state index in [2.05, 4.69) is 5.32 Å². The van der Waals surface area contributed by atoms with Crippen LogP contribution in [0.3, 0.4) is 0 Å². The van der Waals surface area contributed by atoms with Gasteiger partial charge in [0.15, 0.2) is 11.5 Å². The fourth-order valence-electron chi connectivity index (χ4n) is 2.24. The van der Waals surface area contributed by atoms with Crippen LogP contribution in [0.2, 0.25) is 0 Å². The van der Waals surface area contributed by atoms with Crippen molar-refractivity contribution in [2.75, 3.05) is 19.5 Å². The number of amides is 2. The molecule has 0 saturated heterocycles. The lowest BCUT2D eigenvalue weighted by molar-refractivity contribution is -0.115. The Balaban J connectivity index is 2.07. The Morgan fingerprint density at radius 3 is 2.33 bits per heavy atom.